The average molecular weight is 397 g/mol. The molecule has 10 nitrogen and oxygen atoms in total. The van der Waals surface area contributed by atoms with Crippen LogP contribution in [0.4, 0.5) is 23.1 Å². The molecule has 152 valence electrons. The molecule has 1 aliphatic heterocycles. The summed E-state index contributed by atoms with van der Waals surface area (Å²) in [6.45, 7) is 0.355. The second-order valence-corrected chi connectivity index (χ2v) is 7.37. The maximum absolute atomic E-state index is 11.6. The van der Waals surface area contributed by atoms with Gasteiger partial charge in [-0.15, -0.1) is 0 Å². The molecule has 4 rings (SSSR count). The number of carbonyl (C=O) groups excluding carboxylic acids is 2. The van der Waals surface area contributed by atoms with E-state index >= 15 is 0 Å². The van der Waals surface area contributed by atoms with Gasteiger partial charge in [-0.2, -0.15) is 4.98 Å². The molecule has 2 atom stereocenters. The monoisotopic (exact) mass is 397 g/mol. The SMILES string of the molecule is NC(=O)c1cnc(Nc2ccc(N3CC(O)CC3C(N)=O)cc2)nc1NC1CC1. The Labute approximate surface area is 167 Å². The number of nitrogens with two attached hydrogens (primary N) is 2. The lowest BCUT2D eigenvalue weighted by Gasteiger charge is -2.24. The molecular formula is C19H23N7O3. The standard InChI is InChI=1S/C19H23N7O3/c20-16(28)14-8-22-19(25-18(14)23-10-1-2-10)24-11-3-5-12(6-4-11)26-9-13(27)7-15(26)17(21)29/h3-6,8,10,13,15,27H,1-2,7,9H2,(H2,20,28)(H2,21,29)(H2,22,23,24,25). The first-order valence-corrected chi connectivity index (χ1v) is 9.45. The van der Waals surface area contributed by atoms with E-state index in [1.54, 1.807) is 4.90 Å². The molecule has 7 N–H and O–H groups in total. The third kappa shape index (κ3) is 4.21. The van der Waals surface area contributed by atoms with Crippen LogP contribution in [-0.4, -0.2) is 51.6 Å². The molecule has 10 heteroatoms. The predicted molar refractivity (Wildman–Crippen MR) is 108 cm³/mol. The number of nitrogens with zero attached hydrogens (tertiary/aromatic N) is 3. The van der Waals surface area contributed by atoms with Crippen LogP contribution in [0.2, 0.25) is 0 Å². The number of nitrogens with one attached hydrogen (secondary N) is 2. The molecule has 2 aromatic rings. The van der Waals surface area contributed by atoms with Gasteiger partial charge in [0.15, 0.2) is 0 Å². The predicted octanol–water partition coefficient (Wildman–Crippen LogP) is 0.318. The Morgan fingerprint density at radius 2 is 1.90 bits per heavy atom. The van der Waals surface area contributed by atoms with Crippen molar-refractivity contribution in [3.05, 3.63) is 36.0 Å². The lowest BCUT2D eigenvalue weighted by Crippen LogP contribution is -2.40. The number of aliphatic hydroxyl groups excluding tert-OH is 1. The van der Waals surface area contributed by atoms with E-state index in [9.17, 15) is 14.7 Å². The van der Waals surface area contributed by atoms with Gasteiger partial charge in [-0.3, -0.25) is 9.59 Å². The van der Waals surface area contributed by atoms with Gasteiger partial charge in [0.2, 0.25) is 11.9 Å². The van der Waals surface area contributed by atoms with Gasteiger partial charge in [0.1, 0.15) is 11.9 Å². The maximum atomic E-state index is 11.6. The Morgan fingerprint density at radius 3 is 2.52 bits per heavy atom. The molecule has 1 aliphatic carbocycles. The molecule has 2 unspecified atom stereocenters. The number of aromatic nitrogens is 2. The van der Waals surface area contributed by atoms with Crippen molar-refractivity contribution < 1.29 is 14.7 Å². The molecule has 0 bridgehead atoms. The number of amides is 2. The zero-order valence-electron chi connectivity index (χ0n) is 15.7. The molecule has 2 fully saturated rings. The highest BCUT2D eigenvalue weighted by atomic mass is 16.3. The fraction of sp³-hybridized carbons (Fsp3) is 0.368. The molecule has 2 aliphatic rings. The summed E-state index contributed by atoms with van der Waals surface area (Å²) in [4.78, 5) is 33.5. The first kappa shape index (κ1) is 18.9. The first-order chi connectivity index (χ1) is 13.9. The smallest absolute Gasteiger partial charge is 0.254 e. The van der Waals surface area contributed by atoms with Crippen molar-refractivity contribution in [1.82, 2.24) is 9.97 Å². The maximum Gasteiger partial charge on any atom is 0.254 e. The third-order valence-corrected chi connectivity index (χ3v) is 5.03. The Hall–Kier alpha value is -3.40. The topological polar surface area (TPSA) is 159 Å². The highest BCUT2D eigenvalue weighted by Crippen LogP contribution is 2.29. The van der Waals surface area contributed by atoms with Crippen LogP contribution < -0.4 is 27.0 Å². The molecule has 0 radical (unpaired) electrons. The van der Waals surface area contributed by atoms with E-state index in [-0.39, 0.29) is 5.56 Å². The second kappa shape index (κ2) is 7.55. The number of anilines is 4. The van der Waals surface area contributed by atoms with Crippen LogP contribution in [0.15, 0.2) is 30.5 Å². The molecule has 2 heterocycles. The fourth-order valence-corrected chi connectivity index (χ4v) is 3.39. The molecule has 1 aromatic heterocycles. The molecule has 1 saturated carbocycles. The zero-order valence-corrected chi connectivity index (χ0v) is 15.7. The van der Waals surface area contributed by atoms with E-state index < -0.39 is 24.0 Å². The van der Waals surface area contributed by atoms with Gasteiger partial charge in [-0.25, -0.2) is 4.98 Å². The number of rotatable bonds is 7. The van der Waals surface area contributed by atoms with Crippen LogP contribution in [0.25, 0.3) is 0 Å². The van der Waals surface area contributed by atoms with Crippen molar-refractivity contribution in [1.29, 1.82) is 0 Å². The summed E-state index contributed by atoms with van der Waals surface area (Å²) in [5, 5.41) is 16.1. The number of β-amino-alcohol motifs (C(OH)–C–C–N with tert-alkyl or cyclic N) is 1. The van der Waals surface area contributed by atoms with Crippen LogP contribution in [0.3, 0.4) is 0 Å². The number of hydrogen-bond acceptors (Lipinski definition) is 8. The molecule has 29 heavy (non-hydrogen) atoms. The van der Waals surface area contributed by atoms with Crippen molar-refractivity contribution in [2.75, 3.05) is 22.1 Å². The highest BCUT2D eigenvalue weighted by Gasteiger charge is 2.34. The summed E-state index contributed by atoms with van der Waals surface area (Å²) in [5.74, 6) is -0.287. The Morgan fingerprint density at radius 1 is 1.17 bits per heavy atom. The van der Waals surface area contributed by atoms with Crippen molar-refractivity contribution in [3.63, 3.8) is 0 Å². The van der Waals surface area contributed by atoms with Crippen molar-refractivity contribution in [2.24, 2.45) is 11.5 Å². The lowest BCUT2D eigenvalue weighted by atomic mass is 10.2. The third-order valence-electron chi connectivity index (χ3n) is 5.03. The minimum absolute atomic E-state index is 0.253. The average Bonchev–Trinajstić information content (AvgIpc) is 3.40. The second-order valence-electron chi connectivity index (χ2n) is 7.37. The minimum atomic E-state index is -0.583. The normalized spacial score (nSPS) is 21.1. The quantitative estimate of drug-likeness (QED) is 0.446. The summed E-state index contributed by atoms with van der Waals surface area (Å²) < 4.78 is 0. The van der Waals surface area contributed by atoms with Crippen LogP contribution in [-0.2, 0) is 4.79 Å². The van der Waals surface area contributed by atoms with Gasteiger partial charge in [-0.1, -0.05) is 0 Å². The van der Waals surface area contributed by atoms with Crippen molar-refractivity contribution in [3.8, 4) is 0 Å². The van der Waals surface area contributed by atoms with Crippen molar-refractivity contribution >= 4 is 35.0 Å². The van der Waals surface area contributed by atoms with E-state index in [2.05, 4.69) is 20.6 Å². The zero-order chi connectivity index (χ0) is 20.5. The number of carbonyl (C=O) groups is 2. The molecular weight excluding hydrogens is 374 g/mol. The van der Waals surface area contributed by atoms with Gasteiger partial charge in [0.05, 0.1) is 11.7 Å². The van der Waals surface area contributed by atoms with E-state index in [1.165, 1.54) is 6.20 Å². The summed E-state index contributed by atoms with van der Waals surface area (Å²) in [6.07, 6.45) is 3.21. The minimum Gasteiger partial charge on any atom is -0.391 e. The van der Waals surface area contributed by atoms with Crippen molar-refractivity contribution in [2.45, 2.75) is 37.5 Å². The van der Waals surface area contributed by atoms with Gasteiger partial charge in [0.25, 0.3) is 5.91 Å². The number of hydrogen-bond donors (Lipinski definition) is 5. The van der Waals surface area contributed by atoms with Gasteiger partial charge in [-0.05, 0) is 37.1 Å². The largest absolute Gasteiger partial charge is 0.391 e. The van der Waals surface area contributed by atoms with E-state index in [1.807, 2.05) is 24.3 Å². The number of benzene rings is 1. The summed E-state index contributed by atoms with van der Waals surface area (Å²) >= 11 is 0. The lowest BCUT2D eigenvalue weighted by molar-refractivity contribution is -0.119. The number of aliphatic hydroxyl groups is 1. The van der Waals surface area contributed by atoms with E-state index in [4.69, 9.17) is 11.5 Å². The Balaban J connectivity index is 1.50. The van der Waals surface area contributed by atoms with Gasteiger partial charge >= 0.3 is 0 Å². The van der Waals surface area contributed by atoms with Gasteiger partial charge < -0.3 is 32.1 Å². The van der Waals surface area contributed by atoms with E-state index in [0.29, 0.717) is 30.8 Å². The fourth-order valence-electron chi connectivity index (χ4n) is 3.39. The van der Waals surface area contributed by atoms with Gasteiger partial charge in [0, 0.05) is 36.6 Å². The highest BCUT2D eigenvalue weighted by molar-refractivity contribution is 5.97. The Bertz CT molecular complexity index is 930. The molecule has 1 saturated heterocycles. The van der Waals surface area contributed by atoms with Crippen LogP contribution in [0, 0.1) is 0 Å². The first-order valence-electron chi connectivity index (χ1n) is 9.45. The summed E-state index contributed by atoms with van der Waals surface area (Å²) in [5.41, 5.74) is 12.6. The molecule has 1 aromatic carbocycles. The van der Waals surface area contributed by atoms with Crippen LogP contribution >= 0.6 is 0 Å². The van der Waals surface area contributed by atoms with Crippen LogP contribution in [0.1, 0.15) is 29.6 Å². The molecule has 0 spiro atoms. The summed E-state index contributed by atoms with van der Waals surface area (Å²) in [7, 11) is 0. The summed E-state index contributed by atoms with van der Waals surface area (Å²) in [6, 6.07) is 7.08. The van der Waals surface area contributed by atoms with Crippen LogP contribution in [0.5, 0.6) is 0 Å². The van der Waals surface area contributed by atoms with E-state index in [0.717, 1.165) is 24.2 Å². The molecule has 2 amide bonds. The number of primary amides is 2. The Kier molecular flexibility index (Phi) is 4.93.